The summed E-state index contributed by atoms with van der Waals surface area (Å²) in [5.74, 6) is 0.00465. The zero-order valence-electron chi connectivity index (χ0n) is 17.3. The van der Waals surface area contributed by atoms with Gasteiger partial charge in [-0.1, -0.05) is 30.3 Å². The SMILES string of the molecule is O=C(NCCc1nc2c(c(C(F)(F)F)n1)CCCC2)C1(c2ccccc2)CCOCC1. The Labute approximate surface area is 179 Å². The highest BCUT2D eigenvalue weighted by atomic mass is 19.4. The molecule has 0 atom stereocenters. The van der Waals surface area contributed by atoms with E-state index in [4.69, 9.17) is 4.74 Å². The van der Waals surface area contributed by atoms with Crippen LogP contribution in [0.25, 0.3) is 0 Å². The maximum absolute atomic E-state index is 13.5. The van der Waals surface area contributed by atoms with Crippen LogP contribution in [0.2, 0.25) is 0 Å². The number of aromatic nitrogens is 2. The summed E-state index contributed by atoms with van der Waals surface area (Å²) in [6, 6.07) is 9.58. The van der Waals surface area contributed by atoms with Crippen molar-refractivity contribution in [3.63, 3.8) is 0 Å². The maximum Gasteiger partial charge on any atom is 0.433 e. The number of fused-ring (bicyclic) bond motifs is 1. The number of hydrogen-bond donors (Lipinski definition) is 1. The van der Waals surface area contributed by atoms with Gasteiger partial charge in [0.05, 0.1) is 5.41 Å². The number of halogens is 3. The number of amides is 1. The number of aryl methyl sites for hydroxylation is 1. The molecule has 1 N–H and O–H groups in total. The molecule has 2 heterocycles. The number of hydrogen-bond acceptors (Lipinski definition) is 4. The number of alkyl halides is 3. The Morgan fingerprint density at radius 2 is 1.77 bits per heavy atom. The summed E-state index contributed by atoms with van der Waals surface area (Å²) in [4.78, 5) is 21.4. The van der Waals surface area contributed by atoms with E-state index in [1.165, 1.54) is 0 Å². The molecule has 1 fully saturated rings. The third-order valence-corrected chi connectivity index (χ3v) is 6.24. The Bertz CT molecular complexity index is 926. The molecule has 0 radical (unpaired) electrons. The second kappa shape index (κ2) is 8.94. The predicted molar refractivity (Wildman–Crippen MR) is 109 cm³/mol. The molecule has 2 aromatic rings. The van der Waals surface area contributed by atoms with Gasteiger partial charge in [-0.25, -0.2) is 9.97 Å². The molecule has 0 bridgehead atoms. The van der Waals surface area contributed by atoms with Crippen molar-refractivity contribution in [3.05, 3.63) is 58.7 Å². The van der Waals surface area contributed by atoms with Crippen LogP contribution in [0, 0.1) is 0 Å². The van der Waals surface area contributed by atoms with Crippen molar-refractivity contribution in [1.29, 1.82) is 0 Å². The van der Waals surface area contributed by atoms with Crippen LogP contribution in [0.1, 0.15) is 54.0 Å². The normalized spacial score (nSPS) is 18.3. The number of ether oxygens (including phenoxy) is 1. The first-order valence-corrected chi connectivity index (χ1v) is 10.8. The van der Waals surface area contributed by atoms with Crippen molar-refractivity contribution >= 4 is 5.91 Å². The highest BCUT2D eigenvalue weighted by Crippen LogP contribution is 2.36. The summed E-state index contributed by atoms with van der Waals surface area (Å²) in [7, 11) is 0. The summed E-state index contributed by atoms with van der Waals surface area (Å²) in [6.07, 6.45) is -0.752. The molecule has 8 heteroatoms. The van der Waals surface area contributed by atoms with E-state index >= 15 is 0 Å². The van der Waals surface area contributed by atoms with E-state index in [1.54, 1.807) is 0 Å². The maximum atomic E-state index is 13.5. The van der Waals surface area contributed by atoms with Crippen molar-refractivity contribution in [2.24, 2.45) is 0 Å². The lowest BCUT2D eigenvalue weighted by molar-refractivity contribution is -0.142. The van der Waals surface area contributed by atoms with Crippen LogP contribution in [0.15, 0.2) is 30.3 Å². The molecule has 0 saturated carbocycles. The molecule has 31 heavy (non-hydrogen) atoms. The first-order chi connectivity index (χ1) is 14.9. The van der Waals surface area contributed by atoms with Crippen LogP contribution in [-0.2, 0) is 40.4 Å². The van der Waals surface area contributed by atoms with Gasteiger partial charge in [0.25, 0.3) is 0 Å². The summed E-state index contributed by atoms with van der Waals surface area (Å²) in [5.41, 5.74) is 0.161. The fourth-order valence-electron chi connectivity index (χ4n) is 4.57. The first kappa shape index (κ1) is 21.7. The minimum Gasteiger partial charge on any atom is -0.381 e. The Morgan fingerprint density at radius 3 is 2.48 bits per heavy atom. The molecular weight excluding hydrogens is 407 g/mol. The molecule has 1 saturated heterocycles. The van der Waals surface area contributed by atoms with E-state index in [-0.39, 0.29) is 30.3 Å². The molecule has 4 rings (SSSR count). The van der Waals surface area contributed by atoms with Crippen molar-refractivity contribution in [2.75, 3.05) is 19.8 Å². The number of rotatable bonds is 5. The number of carbonyl (C=O) groups is 1. The van der Waals surface area contributed by atoms with E-state index in [9.17, 15) is 18.0 Å². The highest BCUT2D eigenvalue weighted by Gasteiger charge is 2.41. The average Bonchev–Trinajstić information content (AvgIpc) is 2.79. The van der Waals surface area contributed by atoms with Crippen molar-refractivity contribution < 1.29 is 22.7 Å². The summed E-state index contributed by atoms with van der Waals surface area (Å²) >= 11 is 0. The number of nitrogens with zero attached hydrogens (tertiary/aromatic N) is 2. The van der Waals surface area contributed by atoms with Gasteiger partial charge in [-0.05, 0) is 44.1 Å². The van der Waals surface area contributed by atoms with E-state index in [1.807, 2.05) is 30.3 Å². The molecule has 0 unspecified atom stereocenters. The van der Waals surface area contributed by atoms with Crippen LogP contribution < -0.4 is 5.32 Å². The Balaban J connectivity index is 1.49. The summed E-state index contributed by atoms with van der Waals surface area (Å²) in [5, 5.41) is 2.92. The van der Waals surface area contributed by atoms with Crippen molar-refractivity contribution in [3.8, 4) is 0 Å². The Kier molecular flexibility index (Phi) is 6.27. The highest BCUT2D eigenvalue weighted by molar-refractivity contribution is 5.88. The second-order valence-corrected chi connectivity index (χ2v) is 8.18. The monoisotopic (exact) mass is 433 g/mol. The number of benzene rings is 1. The molecule has 1 amide bonds. The fraction of sp³-hybridized carbons (Fsp3) is 0.522. The van der Waals surface area contributed by atoms with Gasteiger partial charge in [0.2, 0.25) is 5.91 Å². The number of carbonyl (C=O) groups excluding carboxylic acids is 1. The minimum absolute atomic E-state index is 0.129. The summed E-state index contributed by atoms with van der Waals surface area (Å²) in [6.45, 7) is 1.17. The molecular formula is C23H26F3N3O2. The number of nitrogens with one attached hydrogen (secondary N) is 1. The smallest absolute Gasteiger partial charge is 0.381 e. The molecule has 2 aliphatic rings. The lowest BCUT2D eigenvalue weighted by Gasteiger charge is -2.36. The quantitative estimate of drug-likeness (QED) is 0.780. The van der Waals surface area contributed by atoms with Crippen molar-refractivity contribution in [1.82, 2.24) is 15.3 Å². The van der Waals surface area contributed by atoms with E-state index < -0.39 is 17.3 Å². The Hall–Kier alpha value is -2.48. The van der Waals surface area contributed by atoms with Crippen LogP contribution in [0.3, 0.4) is 0 Å². The zero-order valence-corrected chi connectivity index (χ0v) is 17.3. The van der Waals surface area contributed by atoms with Gasteiger partial charge >= 0.3 is 6.18 Å². The fourth-order valence-corrected chi connectivity index (χ4v) is 4.57. The molecule has 1 aliphatic heterocycles. The van der Waals surface area contributed by atoms with Gasteiger partial charge in [-0.15, -0.1) is 0 Å². The predicted octanol–water partition coefficient (Wildman–Crippen LogP) is 3.78. The van der Waals surface area contributed by atoms with Crippen LogP contribution >= 0.6 is 0 Å². The van der Waals surface area contributed by atoms with E-state index in [0.717, 1.165) is 18.4 Å². The van der Waals surface area contributed by atoms with Crippen LogP contribution in [0.5, 0.6) is 0 Å². The second-order valence-electron chi connectivity index (χ2n) is 8.18. The summed E-state index contributed by atoms with van der Waals surface area (Å²) < 4.78 is 46.0. The van der Waals surface area contributed by atoms with Crippen LogP contribution in [-0.4, -0.2) is 35.6 Å². The van der Waals surface area contributed by atoms with Gasteiger partial charge < -0.3 is 10.1 Å². The van der Waals surface area contributed by atoms with Gasteiger partial charge in [-0.3, -0.25) is 4.79 Å². The molecule has 166 valence electrons. The lowest BCUT2D eigenvalue weighted by atomic mass is 9.73. The molecule has 1 aromatic heterocycles. The molecule has 0 spiro atoms. The van der Waals surface area contributed by atoms with E-state index in [2.05, 4.69) is 15.3 Å². The standard InChI is InChI=1S/C23H26F3N3O2/c24-23(25,26)20-17-8-4-5-9-18(17)28-19(29-20)10-13-27-21(30)22(11-14-31-15-12-22)16-6-2-1-3-7-16/h1-3,6-7H,4-5,8-15H2,(H,27,30). The topological polar surface area (TPSA) is 64.1 Å². The van der Waals surface area contributed by atoms with Crippen LogP contribution in [0.4, 0.5) is 13.2 Å². The molecule has 1 aromatic carbocycles. The van der Waals surface area contributed by atoms with Gasteiger partial charge in [0.1, 0.15) is 5.82 Å². The van der Waals surface area contributed by atoms with Gasteiger partial charge in [0.15, 0.2) is 5.69 Å². The largest absolute Gasteiger partial charge is 0.433 e. The van der Waals surface area contributed by atoms with Gasteiger partial charge in [0, 0.05) is 37.4 Å². The average molecular weight is 433 g/mol. The lowest BCUT2D eigenvalue weighted by Crippen LogP contribution is -2.48. The minimum atomic E-state index is -4.50. The van der Waals surface area contributed by atoms with Gasteiger partial charge in [-0.2, -0.15) is 13.2 Å². The van der Waals surface area contributed by atoms with E-state index in [0.29, 0.717) is 44.6 Å². The first-order valence-electron chi connectivity index (χ1n) is 10.8. The third kappa shape index (κ3) is 4.59. The zero-order chi connectivity index (χ0) is 21.9. The molecule has 1 aliphatic carbocycles. The van der Waals surface area contributed by atoms with Crippen molar-refractivity contribution in [2.45, 2.75) is 56.5 Å². The Morgan fingerprint density at radius 1 is 1.06 bits per heavy atom. The third-order valence-electron chi connectivity index (χ3n) is 6.24. The molecule has 5 nitrogen and oxygen atoms in total.